The number of nitrogens with two attached hydrogens (primary N) is 1. The zero-order chi connectivity index (χ0) is 13.1. The molecule has 0 aliphatic heterocycles. The van der Waals surface area contributed by atoms with E-state index in [9.17, 15) is 8.78 Å². The van der Waals surface area contributed by atoms with Gasteiger partial charge in [-0.3, -0.25) is 0 Å². The van der Waals surface area contributed by atoms with Gasteiger partial charge in [-0.15, -0.1) is 11.3 Å². The first-order valence-electron chi connectivity index (χ1n) is 5.32. The summed E-state index contributed by atoms with van der Waals surface area (Å²) >= 11 is 1.47. The normalized spacial score (nSPS) is 12.7. The van der Waals surface area contributed by atoms with Gasteiger partial charge in [0.15, 0.2) is 0 Å². The molecule has 0 bridgehead atoms. The van der Waals surface area contributed by atoms with Crippen LogP contribution in [0, 0.1) is 0 Å². The molecule has 0 saturated carbocycles. The smallest absolute Gasteiger partial charge is 0.387 e. The van der Waals surface area contributed by atoms with Crippen molar-refractivity contribution >= 4 is 11.3 Å². The van der Waals surface area contributed by atoms with Crippen LogP contribution < -0.4 is 10.5 Å². The van der Waals surface area contributed by atoms with E-state index in [1.807, 2.05) is 12.3 Å². The summed E-state index contributed by atoms with van der Waals surface area (Å²) in [6.45, 7) is -0.946. The summed E-state index contributed by atoms with van der Waals surface area (Å²) in [7, 11) is 0. The van der Waals surface area contributed by atoms with Crippen LogP contribution in [0.5, 0.6) is 5.75 Å². The molecule has 6 heteroatoms. The topological polar surface area (TPSA) is 48.1 Å². The molecule has 0 amide bonds. The Kier molecular flexibility index (Phi) is 3.88. The Morgan fingerprint density at radius 2 is 1.94 bits per heavy atom. The Balaban J connectivity index is 2.17. The third-order valence-corrected chi connectivity index (χ3v) is 3.22. The lowest BCUT2D eigenvalue weighted by Gasteiger charge is -2.04. The molecule has 0 aliphatic carbocycles. The highest BCUT2D eigenvalue weighted by atomic mass is 32.1. The lowest BCUT2D eigenvalue weighted by Crippen LogP contribution is -2.04. The first-order chi connectivity index (χ1) is 8.56. The average Bonchev–Trinajstić information content (AvgIpc) is 2.78. The van der Waals surface area contributed by atoms with Gasteiger partial charge in [0.1, 0.15) is 10.8 Å². The van der Waals surface area contributed by atoms with Crippen LogP contribution in [0.1, 0.15) is 18.7 Å². The first kappa shape index (κ1) is 12.9. The van der Waals surface area contributed by atoms with Gasteiger partial charge in [0.05, 0.1) is 5.69 Å². The number of ether oxygens (including phenoxy) is 1. The van der Waals surface area contributed by atoms with Crippen LogP contribution in [-0.4, -0.2) is 11.6 Å². The van der Waals surface area contributed by atoms with Gasteiger partial charge in [0.25, 0.3) is 0 Å². The minimum Gasteiger partial charge on any atom is -0.435 e. The molecule has 2 aromatic rings. The SMILES string of the molecule is CC(N)c1csc(-c2ccc(OC(F)F)cc2)n1. The van der Waals surface area contributed by atoms with Crippen molar-refractivity contribution in [1.82, 2.24) is 4.98 Å². The summed E-state index contributed by atoms with van der Waals surface area (Å²) in [6, 6.07) is 6.27. The van der Waals surface area contributed by atoms with Crippen molar-refractivity contribution in [3.63, 3.8) is 0 Å². The molecule has 2 rings (SSSR count). The number of alkyl halides is 2. The Bertz CT molecular complexity index is 511. The fraction of sp³-hybridized carbons (Fsp3) is 0.250. The molecule has 1 aromatic heterocycles. The standard InChI is InChI=1S/C12H12F2N2OS/c1-7(15)10-6-18-11(16-10)8-2-4-9(5-3-8)17-12(13)14/h2-7,12H,15H2,1H3. The van der Waals surface area contributed by atoms with Crippen molar-refractivity contribution in [2.24, 2.45) is 5.73 Å². The summed E-state index contributed by atoms with van der Waals surface area (Å²) in [5.74, 6) is 0.137. The Morgan fingerprint density at radius 1 is 1.28 bits per heavy atom. The number of benzene rings is 1. The molecule has 18 heavy (non-hydrogen) atoms. The fourth-order valence-electron chi connectivity index (χ4n) is 1.41. The second kappa shape index (κ2) is 5.41. The third-order valence-electron chi connectivity index (χ3n) is 2.31. The summed E-state index contributed by atoms with van der Waals surface area (Å²) in [5, 5.41) is 2.70. The number of rotatable bonds is 4. The van der Waals surface area contributed by atoms with Gasteiger partial charge >= 0.3 is 6.61 Å². The minimum absolute atomic E-state index is 0.114. The van der Waals surface area contributed by atoms with E-state index in [1.165, 1.54) is 23.5 Å². The Hall–Kier alpha value is -1.53. The highest BCUT2D eigenvalue weighted by Crippen LogP contribution is 2.27. The summed E-state index contributed by atoms with van der Waals surface area (Å²) in [6.07, 6.45) is 0. The van der Waals surface area contributed by atoms with Crippen LogP contribution in [0.25, 0.3) is 10.6 Å². The maximum Gasteiger partial charge on any atom is 0.387 e. The zero-order valence-corrected chi connectivity index (χ0v) is 10.5. The van der Waals surface area contributed by atoms with Gasteiger partial charge < -0.3 is 10.5 Å². The maximum atomic E-state index is 12.0. The second-order valence-corrected chi connectivity index (χ2v) is 4.63. The molecule has 1 aromatic carbocycles. The summed E-state index contributed by atoms with van der Waals surface area (Å²) in [5.41, 5.74) is 7.40. The van der Waals surface area contributed by atoms with E-state index in [0.717, 1.165) is 16.3 Å². The van der Waals surface area contributed by atoms with E-state index in [0.29, 0.717) is 0 Å². The van der Waals surface area contributed by atoms with Crippen LogP contribution in [0.4, 0.5) is 8.78 Å². The molecule has 0 fully saturated rings. The number of halogens is 2. The first-order valence-corrected chi connectivity index (χ1v) is 6.20. The van der Waals surface area contributed by atoms with Crippen LogP contribution in [0.15, 0.2) is 29.6 Å². The number of thiazole rings is 1. The maximum absolute atomic E-state index is 12.0. The van der Waals surface area contributed by atoms with E-state index in [1.54, 1.807) is 12.1 Å². The largest absolute Gasteiger partial charge is 0.435 e. The molecule has 0 radical (unpaired) electrons. The van der Waals surface area contributed by atoms with Gasteiger partial charge in [-0.05, 0) is 31.2 Å². The highest BCUT2D eigenvalue weighted by molar-refractivity contribution is 7.13. The van der Waals surface area contributed by atoms with Gasteiger partial charge in [-0.25, -0.2) is 4.98 Å². The van der Waals surface area contributed by atoms with E-state index < -0.39 is 6.61 Å². The van der Waals surface area contributed by atoms with Crippen LogP contribution in [-0.2, 0) is 0 Å². The van der Waals surface area contributed by atoms with Crippen LogP contribution in [0.2, 0.25) is 0 Å². The van der Waals surface area contributed by atoms with Crippen molar-refractivity contribution in [3.8, 4) is 16.3 Å². The molecule has 3 nitrogen and oxygen atoms in total. The molecular weight excluding hydrogens is 258 g/mol. The van der Waals surface area contributed by atoms with E-state index in [4.69, 9.17) is 5.73 Å². The molecule has 2 N–H and O–H groups in total. The van der Waals surface area contributed by atoms with Gasteiger partial charge in [0.2, 0.25) is 0 Å². The van der Waals surface area contributed by atoms with Gasteiger partial charge in [0, 0.05) is 17.0 Å². The molecule has 96 valence electrons. The number of nitrogens with zero attached hydrogens (tertiary/aromatic N) is 1. The lowest BCUT2D eigenvalue weighted by atomic mass is 10.2. The van der Waals surface area contributed by atoms with Crippen molar-refractivity contribution in [2.45, 2.75) is 19.6 Å². The third kappa shape index (κ3) is 3.02. The Labute approximate surface area is 107 Å². The van der Waals surface area contributed by atoms with E-state index in [-0.39, 0.29) is 11.8 Å². The van der Waals surface area contributed by atoms with Crippen molar-refractivity contribution < 1.29 is 13.5 Å². The molecular formula is C12H12F2N2OS. The lowest BCUT2D eigenvalue weighted by molar-refractivity contribution is -0.0498. The van der Waals surface area contributed by atoms with E-state index >= 15 is 0 Å². The zero-order valence-electron chi connectivity index (χ0n) is 9.64. The number of aromatic nitrogens is 1. The fourth-order valence-corrected chi connectivity index (χ4v) is 2.34. The molecule has 0 saturated heterocycles. The van der Waals surface area contributed by atoms with Gasteiger partial charge in [-0.2, -0.15) is 8.78 Å². The van der Waals surface area contributed by atoms with Crippen LogP contribution in [0.3, 0.4) is 0 Å². The predicted octanol–water partition coefficient (Wildman–Crippen LogP) is 3.43. The number of hydrogen-bond acceptors (Lipinski definition) is 4. The molecule has 0 spiro atoms. The predicted molar refractivity (Wildman–Crippen MR) is 66.8 cm³/mol. The molecule has 1 heterocycles. The molecule has 1 unspecified atom stereocenters. The van der Waals surface area contributed by atoms with Crippen LogP contribution >= 0.6 is 11.3 Å². The van der Waals surface area contributed by atoms with Crippen molar-refractivity contribution in [3.05, 3.63) is 35.3 Å². The van der Waals surface area contributed by atoms with E-state index in [2.05, 4.69) is 9.72 Å². The highest BCUT2D eigenvalue weighted by Gasteiger charge is 2.09. The van der Waals surface area contributed by atoms with Crippen molar-refractivity contribution in [1.29, 1.82) is 0 Å². The monoisotopic (exact) mass is 270 g/mol. The summed E-state index contributed by atoms with van der Waals surface area (Å²) < 4.78 is 28.3. The second-order valence-electron chi connectivity index (χ2n) is 3.77. The Morgan fingerprint density at radius 3 is 2.44 bits per heavy atom. The average molecular weight is 270 g/mol. The van der Waals surface area contributed by atoms with Gasteiger partial charge in [-0.1, -0.05) is 0 Å². The molecule has 1 atom stereocenters. The summed E-state index contributed by atoms with van der Waals surface area (Å²) in [4.78, 5) is 4.38. The van der Waals surface area contributed by atoms with Crippen molar-refractivity contribution in [2.75, 3.05) is 0 Å². The quantitative estimate of drug-likeness (QED) is 0.925. The number of hydrogen-bond donors (Lipinski definition) is 1. The molecule has 0 aliphatic rings. The minimum atomic E-state index is -2.81.